The van der Waals surface area contributed by atoms with Crippen LogP contribution in [0.2, 0.25) is 0 Å². The van der Waals surface area contributed by atoms with Crippen molar-refractivity contribution in [2.45, 2.75) is 58.5 Å². The number of aliphatic hydroxyl groups is 2. The molecule has 0 radical (unpaired) electrons. The molecule has 6 heteroatoms. The van der Waals surface area contributed by atoms with E-state index in [0.29, 0.717) is 12.8 Å². The molecule has 1 atom stereocenters. The van der Waals surface area contributed by atoms with Crippen LogP contribution < -0.4 is 0 Å². The molecule has 2 N–H and O–H groups in total. The Bertz CT molecular complexity index is 241. The lowest BCUT2D eigenvalue weighted by Crippen LogP contribution is -2.48. The largest absolute Gasteiger partial charge is 0.400 e. The van der Waals surface area contributed by atoms with Crippen molar-refractivity contribution in [1.29, 1.82) is 0 Å². The highest BCUT2D eigenvalue weighted by Crippen LogP contribution is 2.17. The normalized spacial score (nSPS) is 13.0. The van der Waals surface area contributed by atoms with E-state index in [2.05, 4.69) is 9.47 Å². The molecule has 100 valence electrons. The molecule has 0 spiro atoms. The molecule has 0 aliphatic rings. The van der Waals surface area contributed by atoms with Crippen LogP contribution in [-0.2, 0) is 19.1 Å². The SMILES string of the molecule is CCCC(=O)OC(O)(OC(=O)CCC)C(C)O. The van der Waals surface area contributed by atoms with Crippen molar-refractivity contribution in [3.05, 3.63) is 0 Å². The van der Waals surface area contributed by atoms with Crippen LogP contribution in [0.3, 0.4) is 0 Å². The number of hydrogen-bond donors (Lipinski definition) is 2. The highest BCUT2D eigenvalue weighted by Gasteiger charge is 2.41. The van der Waals surface area contributed by atoms with Gasteiger partial charge in [-0.1, -0.05) is 13.8 Å². The zero-order valence-electron chi connectivity index (χ0n) is 10.4. The van der Waals surface area contributed by atoms with E-state index in [-0.39, 0.29) is 12.8 Å². The van der Waals surface area contributed by atoms with E-state index in [9.17, 15) is 19.8 Å². The van der Waals surface area contributed by atoms with Gasteiger partial charge in [0.1, 0.15) is 0 Å². The fourth-order valence-corrected chi connectivity index (χ4v) is 1.03. The van der Waals surface area contributed by atoms with Crippen molar-refractivity contribution in [2.24, 2.45) is 0 Å². The summed E-state index contributed by atoms with van der Waals surface area (Å²) in [4.78, 5) is 22.4. The van der Waals surface area contributed by atoms with Gasteiger partial charge >= 0.3 is 17.9 Å². The summed E-state index contributed by atoms with van der Waals surface area (Å²) >= 11 is 0. The smallest absolute Gasteiger partial charge is 0.396 e. The second-order valence-corrected chi connectivity index (χ2v) is 3.75. The summed E-state index contributed by atoms with van der Waals surface area (Å²) in [6.07, 6.45) is -0.334. The Hall–Kier alpha value is -1.14. The number of carbonyl (C=O) groups is 2. The van der Waals surface area contributed by atoms with Crippen LogP contribution in [0.25, 0.3) is 0 Å². The molecule has 0 aromatic carbocycles. The molecular weight excluding hydrogens is 228 g/mol. The summed E-state index contributed by atoms with van der Waals surface area (Å²) in [5.74, 6) is -4.07. The maximum atomic E-state index is 11.2. The van der Waals surface area contributed by atoms with Gasteiger partial charge in [0.15, 0.2) is 6.10 Å². The standard InChI is InChI=1S/C11H20O6/c1-4-6-9(13)16-11(15,8(3)12)17-10(14)7-5-2/h8,12,15H,4-7H2,1-3H3. The highest BCUT2D eigenvalue weighted by molar-refractivity contribution is 5.71. The van der Waals surface area contributed by atoms with Crippen LogP contribution in [0.4, 0.5) is 0 Å². The fourth-order valence-electron chi connectivity index (χ4n) is 1.03. The van der Waals surface area contributed by atoms with Crippen molar-refractivity contribution in [3.8, 4) is 0 Å². The molecular formula is C11H20O6. The first-order chi connectivity index (χ1) is 7.85. The average molecular weight is 248 g/mol. The van der Waals surface area contributed by atoms with Gasteiger partial charge in [0.25, 0.3) is 0 Å². The van der Waals surface area contributed by atoms with Crippen molar-refractivity contribution in [2.75, 3.05) is 0 Å². The van der Waals surface area contributed by atoms with E-state index in [0.717, 1.165) is 0 Å². The summed E-state index contributed by atoms with van der Waals surface area (Å²) < 4.78 is 9.16. The second-order valence-electron chi connectivity index (χ2n) is 3.75. The first kappa shape index (κ1) is 15.9. The van der Waals surface area contributed by atoms with Gasteiger partial charge in [0.2, 0.25) is 0 Å². The number of rotatable bonds is 7. The summed E-state index contributed by atoms with van der Waals surface area (Å²) in [6, 6.07) is 0. The Morgan fingerprint density at radius 2 is 1.47 bits per heavy atom. The maximum Gasteiger partial charge on any atom is 0.400 e. The molecule has 0 heterocycles. The molecule has 0 saturated heterocycles. The summed E-state index contributed by atoms with van der Waals surface area (Å²) in [5, 5.41) is 19.0. The number of hydrogen-bond acceptors (Lipinski definition) is 6. The van der Waals surface area contributed by atoms with E-state index in [1.54, 1.807) is 13.8 Å². The summed E-state index contributed by atoms with van der Waals surface area (Å²) in [6.45, 7) is 4.68. The van der Waals surface area contributed by atoms with Gasteiger partial charge in [-0.3, -0.25) is 9.59 Å². The van der Waals surface area contributed by atoms with Crippen molar-refractivity contribution in [1.82, 2.24) is 0 Å². The van der Waals surface area contributed by atoms with E-state index in [1.807, 2.05) is 0 Å². The predicted molar refractivity (Wildman–Crippen MR) is 58.6 cm³/mol. The minimum Gasteiger partial charge on any atom is -0.396 e. The molecule has 0 amide bonds. The zero-order valence-corrected chi connectivity index (χ0v) is 10.4. The lowest BCUT2D eigenvalue weighted by Gasteiger charge is -2.29. The predicted octanol–water partition coefficient (Wildman–Crippen LogP) is 0.700. The summed E-state index contributed by atoms with van der Waals surface area (Å²) in [7, 11) is 0. The topological polar surface area (TPSA) is 93.1 Å². The number of carbonyl (C=O) groups excluding carboxylic acids is 2. The number of aliphatic hydroxyl groups excluding tert-OH is 1. The Kier molecular flexibility index (Phi) is 6.75. The fraction of sp³-hybridized carbons (Fsp3) is 0.818. The van der Waals surface area contributed by atoms with Crippen LogP contribution in [0.15, 0.2) is 0 Å². The second kappa shape index (κ2) is 7.24. The van der Waals surface area contributed by atoms with Crippen molar-refractivity contribution in [3.63, 3.8) is 0 Å². The van der Waals surface area contributed by atoms with Crippen LogP contribution in [-0.4, -0.2) is 34.2 Å². The quantitative estimate of drug-likeness (QED) is 0.509. The van der Waals surface area contributed by atoms with Gasteiger partial charge < -0.3 is 19.7 Å². The molecule has 0 aliphatic heterocycles. The van der Waals surface area contributed by atoms with E-state index >= 15 is 0 Å². The molecule has 17 heavy (non-hydrogen) atoms. The Balaban J connectivity index is 4.56. The van der Waals surface area contributed by atoms with Gasteiger partial charge in [0, 0.05) is 12.8 Å². The van der Waals surface area contributed by atoms with Gasteiger partial charge in [-0.25, -0.2) is 0 Å². The number of esters is 2. The van der Waals surface area contributed by atoms with Crippen molar-refractivity contribution < 1.29 is 29.3 Å². The highest BCUT2D eigenvalue weighted by atomic mass is 16.8. The maximum absolute atomic E-state index is 11.2. The van der Waals surface area contributed by atoms with Gasteiger partial charge in [-0.15, -0.1) is 0 Å². The van der Waals surface area contributed by atoms with Crippen LogP contribution in [0.5, 0.6) is 0 Å². The molecule has 0 aromatic heterocycles. The third kappa shape index (κ3) is 5.65. The van der Waals surface area contributed by atoms with Gasteiger partial charge in [0.05, 0.1) is 0 Å². The summed E-state index contributed by atoms with van der Waals surface area (Å²) in [5.41, 5.74) is 0. The Labute approximate surface area is 101 Å². The van der Waals surface area contributed by atoms with Gasteiger partial charge in [-0.2, -0.15) is 0 Å². The first-order valence-electron chi connectivity index (χ1n) is 5.69. The van der Waals surface area contributed by atoms with Gasteiger partial charge in [-0.05, 0) is 19.8 Å². The molecule has 0 aromatic rings. The molecule has 1 unspecified atom stereocenters. The zero-order chi connectivity index (χ0) is 13.5. The molecule has 0 bridgehead atoms. The van der Waals surface area contributed by atoms with Crippen molar-refractivity contribution >= 4 is 11.9 Å². The Morgan fingerprint density at radius 3 is 1.71 bits per heavy atom. The average Bonchev–Trinajstić information content (AvgIpc) is 2.17. The van der Waals surface area contributed by atoms with E-state index in [1.165, 1.54) is 6.92 Å². The van der Waals surface area contributed by atoms with Crippen LogP contribution in [0.1, 0.15) is 46.5 Å². The van der Waals surface area contributed by atoms with Crippen LogP contribution in [0, 0.1) is 0 Å². The minimum absolute atomic E-state index is 0.0698. The monoisotopic (exact) mass is 248 g/mol. The molecule has 6 nitrogen and oxygen atoms in total. The lowest BCUT2D eigenvalue weighted by atomic mass is 10.3. The van der Waals surface area contributed by atoms with Crippen LogP contribution >= 0.6 is 0 Å². The molecule has 0 saturated carbocycles. The van der Waals surface area contributed by atoms with E-state index in [4.69, 9.17) is 0 Å². The van der Waals surface area contributed by atoms with E-state index < -0.39 is 24.0 Å². The molecule has 0 fully saturated rings. The minimum atomic E-state index is -2.60. The molecule has 0 rings (SSSR count). The third-order valence-electron chi connectivity index (χ3n) is 1.96. The first-order valence-corrected chi connectivity index (χ1v) is 5.69. The molecule has 0 aliphatic carbocycles. The third-order valence-corrected chi connectivity index (χ3v) is 1.96. The Morgan fingerprint density at radius 1 is 1.12 bits per heavy atom. The lowest BCUT2D eigenvalue weighted by molar-refractivity contribution is -0.358. The number of ether oxygens (including phenoxy) is 2.